The van der Waals surface area contributed by atoms with Crippen LogP contribution in [0.25, 0.3) is 0 Å². The molecule has 2 heteroatoms. The number of halogens is 1. The van der Waals surface area contributed by atoms with E-state index in [2.05, 4.69) is 28.9 Å². The van der Waals surface area contributed by atoms with Crippen molar-refractivity contribution in [3.05, 3.63) is 22.2 Å². The first kappa shape index (κ1) is 13.6. The molecule has 0 radical (unpaired) electrons. The van der Waals surface area contributed by atoms with E-state index in [-0.39, 0.29) is 5.78 Å². The van der Waals surface area contributed by atoms with Crippen molar-refractivity contribution >= 4 is 21.7 Å². The molecule has 0 unspecified atom stereocenters. The maximum absolute atomic E-state index is 10.8. The molecule has 0 aliphatic rings. The average molecular weight is 259 g/mol. The SMILES string of the molecule is CCCC/C=C(Br)\C=C(/C)CC(C)=O. The third-order valence-electron chi connectivity index (χ3n) is 1.81. The van der Waals surface area contributed by atoms with Crippen molar-refractivity contribution in [1.82, 2.24) is 0 Å². The minimum atomic E-state index is 0.215. The normalized spacial score (nSPS) is 13.1. The standard InChI is InChI=1S/C12H19BrO/c1-4-5-6-7-12(13)9-10(2)8-11(3)14/h7,9H,4-6,8H2,1-3H3/b10-9+,12-7+. The molecular weight excluding hydrogens is 240 g/mol. The maximum Gasteiger partial charge on any atom is 0.133 e. The van der Waals surface area contributed by atoms with Gasteiger partial charge in [0.2, 0.25) is 0 Å². The van der Waals surface area contributed by atoms with Crippen LogP contribution in [0.3, 0.4) is 0 Å². The monoisotopic (exact) mass is 258 g/mol. The number of carbonyl (C=O) groups excluding carboxylic acids is 1. The molecule has 0 aliphatic carbocycles. The molecule has 0 aromatic heterocycles. The predicted octanol–water partition coefficient (Wildman–Crippen LogP) is 4.38. The lowest BCUT2D eigenvalue weighted by Crippen LogP contribution is -1.90. The van der Waals surface area contributed by atoms with Crippen LogP contribution < -0.4 is 0 Å². The van der Waals surface area contributed by atoms with Crippen LogP contribution in [-0.4, -0.2) is 5.78 Å². The zero-order valence-electron chi connectivity index (χ0n) is 9.27. The fraction of sp³-hybridized carbons (Fsp3) is 0.583. The van der Waals surface area contributed by atoms with Crippen molar-refractivity contribution in [3.63, 3.8) is 0 Å². The molecule has 0 N–H and O–H groups in total. The number of Topliss-reactive ketones (excluding diaryl/α,β-unsaturated/α-hetero) is 1. The lowest BCUT2D eigenvalue weighted by Gasteiger charge is -1.97. The molecule has 0 aromatic carbocycles. The van der Waals surface area contributed by atoms with Gasteiger partial charge < -0.3 is 0 Å². The van der Waals surface area contributed by atoms with Gasteiger partial charge in [0.15, 0.2) is 0 Å². The Morgan fingerprint density at radius 1 is 1.36 bits per heavy atom. The van der Waals surface area contributed by atoms with Gasteiger partial charge in [0.1, 0.15) is 5.78 Å². The summed E-state index contributed by atoms with van der Waals surface area (Å²) in [6.07, 6.45) is 8.27. The molecule has 0 aromatic rings. The van der Waals surface area contributed by atoms with E-state index in [0.29, 0.717) is 6.42 Å². The summed E-state index contributed by atoms with van der Waals surface area (Å²) in [6, 6.07) is 0. The summed E-state index contributed by atoms with van der Waals surface area (Å²) in [5, 5.41) is 0. The molecule has 0 spiro atoms. The molecule has 0 amide bonds. The zero-order valence-corrected chi connectivity index (χ0v) is 10.9. The number of ketones is 1. The Morgan fingerprint density at radius 2 is 2.00 bits per heavy atom. The van der Waals surface area contributed by atoms with Gasteiger partial charge in [-0.1, -0.05) is 47.3 Å². The summed E-state index contributed by atoms with van der Waals surface area (Å²) in [4.78, 5) is 10.8. The minimum absolute atomic E-state index is 0.215. The van der Waals surface area contributed by atoms with Gasteiger partial charge in [0.05, 0.1) is 0 Å². The fourth-order valence-corrected chi connectivity index (χ4v) is 1.80. The van der Waals surface area contributed by atoms with E-state index in [1.54, 1.807) is 6.92 Å². The quantitative estimate of drug-likeness (QED) is 0.511. The molecular formula is C12H19BrO. The van der Waals surface area contributed by atoms with Crippen LogP contribution >= 0.6 is 15.9 Å². The highest BCUT2D eigenvalue weighted by molar-refractivity contribution is 9.11. The van der Waals surface area contributed by atoms with Crippen molar-refractivity contribution in [2.24, 2.45) is 0 Å². The molecule has 0 fully saturated rings. The molecule has 0 atom stereocenters. The van der Waals surface area contributed by atoms with Crippen molar-refractivity contribution < 1.29 is 4.79 Å². The van der Waals surface area contributed by atoms with Gasteiger partial charge in [0, 0.05) is 10.9 Å². The van der Waals surface area contributed by atoms with Gasteiger partial charge >= 0.3 is 0 Å². The summed E-state index contributed by atoms with van der Waals surface area (Å²) >= 11 is 3.47. The van der Waals surface area contributed by atoms with Gasteiger partial charge in [-0.05, 0) is 26.3 Å². The highest BCUT2D eigenvalue weighted by Gasteiger charge is 1.95. The Morgan fingerprint density at radius 3 is 2.50 bits per heavy atom. The van der Waals surface area contributed by atoms with Crippen LogP contribution in [0, 0.1) is 0 Å². The molecule has 0 saturated heterocycles. The van der Waals surface area contributed by atoms with E-state index < -0.39 is 0 Å². The topological polar surface area (TPSA) is 17.1 Å². The Labute approximate surface area is 95.4 Å². The summed E-state index contributed by atoms with van der Waals surface area (Å²) < 4.78 is 1.09. The number of carbonyl (C=O) groups is 1. The summed E-state index contributed by atoms with van der Waals surface area (Å²) in [5.74, 6) is 0.215. The van der Waals surface area contributed by atoms with E-state index in [1.165, 1.54) is 12.8 Å². The molecule has 0 aliphatic heterocycles. The summed E-state index contributed by atoms with van der Waals surface area (Å²) in [5.41, 5.74) is 1.11. The van der Waals surface area contributed by atoms with E-state index in [1.807, 2.05) is 13.0 Å². The van der Waals surface area contributed by atoms with Crippen molar-refractivity contribution in [1.29, 1.82) is 0 Å². The third-order valence-corrected chi connectivity index (χ3v) is 2.36. The van der Waals surface area contributed by atoms with Gasteiger partial charge in [-0.2, -0.15) is 0 Å². The highest BCUT2D eigenvalue weighted by Crippen LogP contribution is 2.14. The second kappa shape index (κ2) is 7.98. The second-order valence-electron chi connectivity index (χ2n) is 3.60. The largest absolute Gasteiger partial charge is 0.300 e. The number of rotatable bonds is 6. The van der Waals surface area contributed by atoms with Crippen LogP contribution in [0.2, 0.25) is 0 Å². The Kier molecular flexibility index (Phi) is 7.77. The van der Waals surface area contributed by atoms with Crippen LogP contribution in [0.5, 0.6) is 0 Å². The smallest absolute Gasteiger partial charge is 0.133 e. The third kappa shape index (κ3) is 8.24. The average Bonchev–Trinajstić information content (AvgIpc) is 2.02. The number of hydrogen-bond donors (Lipinski definition) is 0. The molecule has 0 bridgehead atoms. The minimum Gasteiger partial charge on any atom is -0.300 e. The zero-order chi connectivity index (χ0) is 11.0. The number of allylic oxidation sites excluding steroid dienone is 4. The fourth-order valence-electron chi connectivity index (χ4n) is 1.18. The van der Waals surface area contributed by atoms with Gasteiger partial charge in [-0.3, -0.25) is 4.79 Å². The van der Waals surface area contributed by atoms with Crippen molar-refractivity contribution in [3.8, 4) is 0 Å². The molecule has 0 heterocycles. The van der Waals surface area contributed by atoms with Crippen LogP contribution in [0.15, 0.2) is 22.2 Å². The molecule has 14 heavy (non-hydrogen) atoms. The van der Waals surface area contributed by atoms with Gasteiger partial charge in [0.25, 0.3) is 0 Å². The molecule has 0 rings (SSSR count). The van der Waals surface area contributed by atoms with Crippen molar-refractivity contribution in [2.45, 2.75) is 46.5 Å². The maximum atomic E-state index is 10.8. The number of unbranched alkanes of at least 4 members (excludes halogenated alkanes) is 2. The Balaban J connectivity index is 4.05. The van der Waals surface area contributed by atoms with E-state index >= 15 is 0 Å². The molecule has 80 valence electrons. The van der Waals surface area contributed by atoms with E-state index in [4.69, 9.17) is 0 Å². The van der Waals surface area contributed by atoms with Gasteiger partial charge in [-0.25, -0.2) is 0 Å². The van der Waals surface area contributed by atoms with Crippen LogP contribution in [0.1, 0.15) is 46.5 Å². The first-order chi connectivity index (χ1) is 6.56. The molecule has 0 saturated carbocycles. The Bertz CT molecular complexity index is 239. The van der Waals surface area contributed by atoms with E-state index in [0.717, 1.165) is 16.5 Å². The first-order valence-electron chi connectivity index (χ1n) is 5.08. The predicted molar refractivity (Wildman–Crippen MR) is 65.6 cm³/mol. The van der Waals surface area contributed by atoms with Crippen LogP contribution in [0.4, 0.5) is 0 Å². The summed E-state index contributed by atoms with van der Waals surface area (Å²) in [7, 11) is 0. The second-order valence-corrected chi connectivity index (χ2v) is 4.52. The van der Waals surface area contributed by atoms with E-state index in [9.17, 15) is 4.79 Å². The van der Waals surface area contributed by atoms with Crippen LogP contribution in [-0.2, 0) is 4.79 Å². The van der Waals surface area contributed by atoms with Crippen molar-refractivity contribution in [2.75, 3.05) is 0 Å². The summed E-state index contributed by atoms with van der Waals surface area (Å²) in [6.45, 7) is 5.78. The highest BCUT2D eigenvalue weighted by atomic mass is 79.9. The molecule has 1 nitrogen and oxygen atoms in total. The lowest BCUT2D eigenvalue weighted by molar-refractivity contribution is -0.116. The van der Waals surface area contributed by atoms with Gasteiger partial charge in [-0.15, -0.1) is 0 Å². The number of hydrogen-bond acceptors (Lipinski definition) is 1. The Hall–Kier alpha value is -0.370. The first-order valence-corrected chi connectivity index (χ1v) is 5.87. The lowest BCUT2D eigenvalue weighted by atomic mass is 10.1.